The number of ether oxygens (including phenoxy) is 6. The van der Waals surface area contributed by atoms with Crippen molar-refractivity contribution in [3.8, 4) is 47.4 Å². The average molecular weight is 1710 g/mol. The van der Waals surface area contributed by atoms with Gasteiger partial charge in [-0.1, -0.05) is 91.4 Å². The molecule has 3 fully saturated rings. The summed E-state index contributed by atoms with van der Waals surface area (Å²) < 4.78 is 31.5. The van der Waals surface area contributed by atoms with Crippen molar-refractivity contribution in [3.63, 3.8) is 0 Å². The van der Waals surface area contributed by atoms with Crippen molar-refractivity contribution in [2.45, 2.75) is 194 Å². The molecule has 9 rings (SSSR count). The predicted molar refractivity (Wildman–Crippen MR) is 457 cm³/mol. The molecule has 2 aliphatic carbocycles. The number of morpholine rings is 3. The van der Waals surface area contributed by atoms with E-state index >= 15 is 0 Å². The van der Waals surface area contributed by atoms with Crippen LogP contribution in [-0.4, -0.2) is 192 Å². The van der Waals surface area contributed by atoms with Gasteiger partial charge >= 0.3 is 23.9 Å². The van der Waals surface area contributed by atoms with Crippen LogP contribution < -0.4 is 15.1 Å². The number of nitrogens with zero attached hydrogens (tertiary/aromatic N) is 5. The van der Waals surface area contributed by atoms with E-state index in [4.69, 9.17) is 23.7 Å². The number of esters is 3. The van der Waals surface area contributed by atoms with E-state index in [0.29, 0.717) is 160 Å². The smallest absolute Gasteiger partial charge is 0.350 e. The van der Waals surface area contributed by atoms with Crippen molar-refractivity contribution in [1.82, 2.24) is 14.7 Å². The molecule has 0 radical (unpaired) electrons. The van der Waals surface area contributed by atoms with E-state index in [1.807, 2.05) is 116 Å². The van der Waals surface area contributed by atoms with Gasteiger partial charge in [-0.15, -0.1) is 45.3 Å². The van der Waals surface area contributed by atoms with Gasteiger partial charge in [-0.25, -0.2) is 19.2 Å². The van der Waals surface area contributed by atoms with E-state index in [-0.39, 0.29) is 79.6 Å². The van der Waals surface area contributed by atoms with Crippen molar-refractivity contribution in [3.05, 3.63) is 91.1 Å². The van der Waals surface area contributed by atoms with Gasteiger partial charge in [0.1, 0.15) is 37.6 Å². The molecule has 3 aliphatic heterocycles. The Labute approximate surface area is 699 Å². The van der Waals surface area contributed by atoms with Gasteiger partial charge in [-0.2, -0.15) is 0 Å². The summed E-state index contributed by atoms with van der Waals surface area (Å²) in [5, 5.41) is 13.3. The van der Waals surface area contributed by atoms with Gasteiger partial charge in [-0.05, 0) is 195 Å². The lowest BCUT2D eigenvalue weighted by Crippen LogP contribution is -2.55. The normalized spacial score (nSPS) is 17.1. The number of nitrogens with one attached hydrogen (secondary N) is 1. The number of rotatable bonds is 18. The molecular formula is C87H115BrN6O16S4. The number of carboxylic acids is 1. The number of methoxy groups -OCH3 is 3. The topological polar surface area (TPSA) is 257 Å². The van der Waals surface area contributed by atoms with Gasteiger partial charge in [0.25, 0.3) is 0 Å². The van der Waals surface area contributed by atoms with Gasteiger partial charge in [0.2, 0.25) is 29.5 Å². The van der Waals surface area contributed by atoms with Crippen LogP contribution in [0.15, 0.2) is 52.0 Å². The summed E-state index contributed by atoms with van der Waals surface area (Å²) in [6, 6.07) is 5.18. The number of aromatic carboxylic acids is 1. The Morgan fingerprint density at radius 2 is 0.816 bits per heavy atom. The minimum absolute atomic E-state index is 0.0186. The zero-order chi connectivity index (χ0) is 84.6. The highest BCUT2D eigenvalue weighted by Gasteiger charge is 2.42. The number of hydrogen-bond acceptors (Lipinski definition) is 20. The first-order valence-electron chi connectivity index (χ1n) is 38.8. The van der Waals surface area contributed by atoms with Gasteiger partial charge in [0.15, 0.2) is 0 Å². The Bertz CT molecular complexity index is 4390. The van der Waals surface area contributed by atoms with Crippen molar-refractivity contribution in [1.29, 1.82) is 0 Å². The third kappa shape index (κ3) is 28.7. The van der Waals surface area contributed by atoms with Gasteiger partial charge in [0, 0.05) is 77.2 Å². The number of allylic oxidation sites excluding steroid dienone is 4. The van der Waals surface area contributed by atoms with Crippen LogP contribution in [0.3, 0.4) is 0 Å². The Kier molecular flexibility index (Phi) is 36.4. The Morgan fingerprint density at radius 3 is 1.16 bits per heavy atom. The highest BCUT2D eigenvalue weighted by molar-refractivity contribution is 9.10. The summed E-state index contributed by atoms with van der Waals surface area (Å²) in [6.45, 7) is 40.1. The molecule has 0 saturated carbocycles. The number of carbonyl (C=O) groups excluding carboxylic acids is 8. The summed E-state index contributed by atoms with van der Waals surface area (Å²) in [6.07, 6.45) is 9.84. The lowest BCUT2D eigenvalue weighted by molar-refractivity contribution is -0.139. The summed E-state index contributed by atoms with van der Waals surface area (Å²) in [5.41, 5.74) is 3.14. The van der Waals surface area contributed by atoms with E-state index in [1.165, 1.54) is 71.4 Å². The average Bonchev–Trinajstić information content (AvgIpc) is 1.68. The summed E-state index contributed by atoms with van der Waals surface area (Å²) in [5.74, 6) is 21.4. The summed E-state index contributed by atoms with van der Waals surface area (Å²) in [4.78, 5) is 129. The third-order valence-corrected chi connectivity index (χ3v) is 23.3. The molecule has 22 nitrogen and oxygen atoms in total. The molecule has 4 aromatic rings. The number of halogens is 1. The Balaban J connectivity index is 0.000000245. The van der Waals surface area contributed by atoms with E-state index < -0.39 is 36.0 Å². The predicted octanol–water partition coefficient (Wildman–Crippen LogP) is 15.9. The van der Waals surface area contributed by atoms with E-state index in [0.717, 1.165) is 38.4 Å². The highest BCUT2D eigenvalue weighted by atomic mass is 79.9. The molecule has 0 unspecified atom stereocenters. The molecule has 114 heavy (non-hydrogen) atoms. The number of carbonyl (C=O) groups is 9. The van der Waals surface area contributed by atoms with Crippen LogP contribution in [0, 0.1) is 80.9 Å². The van der Waals surface area contributed by atoms with Crippen molar-refractivity contribution in [2.24, 2.45) is 33.5 Å². The van der Waals surface area contributed by atoms with Crippen LogP contribution in [0.2, 0.25) is 0 Å². The second kappa shape index (κ2) is 43.7. The third-order valence-electron chi connectivity index (χ3n) is 18.3. The van der Waals surface area contributed by atoms with E-state index in [1.54, 1.807) is 31.7 Å². The standard InChI is InChI=1S/C28H38N2O5S.C27H36N2O5S.C20H28N2O4S.C12H13BrO2S/c1-7-22(26(32)29-14-16-35-17-15-29)30(25(31)20-10-8-19(2)9-11-20)23-18-21(12-13-28(3,4)5)36-24(23)27(33)34-6;1-6-21(25(31)28-13-15-34-16-14-28)29(24(30)19-9-7-18(2)8-10-19)22-17-20(11-12-27(3,4)5)35-23(22)26(32)33;1-6-15(18(23)22-9-11-26-12-10-22)21-16-13-14(7-8-20(2,3)4)27-17(16)19(24)25-5;1-12(2,3)6-5-8-7-9(13)10(16-8)11(14)15-4/h8,18,20,22H,7,9-11,14-17H2,1-6H3;7,17,19,21H,6,8-10,13-16H2,1-5H3,(H,32,33);13,15,21H,6,9-12H2,1-5H3;7H,1-4H3/t20-,22+;19-,21+;15-;/m110./s1. The molecule has 2 N–H and O–H groups in total. The molecule has 620 valence electrons. The number of carboxylic acid groups (broad SMARTS) is 1. The van der Waals surface area contributed by atoms with Crippen LogP contribution in [0.1, 0.15) is 234 Å². The maximum Gasteiger partial charge on any atom is 0.350 e. The van der Waals surface area contributed by atoms with Crippen molar-refractivity contribution in [2.75, 3.05) is 115 Å². The number of hydrogen-bond donors (Lipinski definition) is 2. The largest absolute Gasteiger partial charge is 0.477 e. The van der Waals surface area contributed by atoms with Crippen LogP contribution in [-0.2, 0) is 52.4 Å². The first kappa shape index (κ1) is 94.8. The molecule has 4 aromatic heterocycles. The molecule has 7 heterocycles. The lowest BCUT2D eigenvalue weighted by atomic mass is 9.88. The van der Waals surface area contributed by atoms with Gasteiger partial charge < -0.3 is 53.5 Å². The van der Waals surface area contributed by atoms with Crippen molar-refractivity contribution >= 4 is 132 Å². The van der Waals surface area contributed by atoms with Crippen molar-refractivity contribution < 1.29 is 76.7 Å². The molecule has 0 spiro atoms. The molecule has 27 heteroatoms. The number of anilines is 3. The van der Waals surface area contributed by atoms with Crippen LogP contribution >= 0.6 is 61.3 Å². The fraction of sp³-hybridized carbons (Fsp3) is 0.575. The first-order chi connectivity index (χ1) is 53.6. The zero-order valence-electron chi connectivity index (χ0n) is 70.0. The second-order valence-electron chi connectivity index (χ2n) is 32.3. The summed E-state index contributed by atoms with van der Waals surface area (Å²) >= 11 is 8.19. The number of thiophene rings is 4. The fourth-order valence-electron chi connectivity index (χ4n) is 12.2. The van der Waals surface area contributed by atoms with E-state index in [2.05, 4.69) is 99.3 Å². The molecular weight excluding hydrogens is 1590 g/mol. The molecule has 5 amide bonds. The van der Waals surface area contributed by atoms with Crippen LogP contribution in [0.4, 0.5) is 17.1 Å². The van der Waals surface area contributed by atoms with Crippen LogP contribution in [0.5, 0.6) is 0 Å². The molecule has 0 bridgehead atoms. The van der Waals surface area contributed by atoms with E-state index in [9.17, 15) is 48.3 Å². The zero-order valence-corrected chi connectivity index (χ0v) is 74.9. The second-order valence-corrected chi connectivity index (χ2v) is 37.4. The highest BCUT2D eigenvalue weighted by Crippen LogP contribution is 2.40. The first-order valence-corrected chi connectivity index (χ1v) is 42.9. The minimum atomic E-state index is -1.13. The van der Waals surface area contributed by atoms with Gasteiger partial charge in [-0.3, -0.25) is 33.8 Å². The minimum Gasteiger partial charge on any atom is -0.477 e. The maximum atomic E-state index is 14.1. The monoisotopic (exact) mass is 1710 g/mol. The summed E-state index contributed by atoms with van der Waals surface area (Å²) in [7, 11) is 4.04. The fourth-order valence-corrected chi connectivity index (χ4v) is 16.5. The Morgan fingerprint density at radius 1 is 0.491 bits per heavy atom. The molecule has 0 aromatic carbocycles. The molecule has 3 saturated heterocycles. The lowest BCUT2D eigenvalue weighted by Gasteiger charge is -2.37. The maximum absolute atomic E-state index is 14.1. The van der Waals surface area contributed by atoms with Gasteiger partial charge in [0.05, 0.1) is 97.5 Å². The quantitative estimate of drug-likeness (QED) is 0.0406. The van der Waals surface area contributed by atoms with Crippen LogP contribution in [0.25, 0.3) is 0 Å². The SMILES string of the molecule is CC[C@@H](C(=O)N1CCOCC1)N(C(=O)[C@@H]1CC=C(C)CC1)c1cc(C#CC(C)(C)C)sc1C(=O)O.CC[C@@H](C(=O)N1CCOCC1)N(C(=O)[C@@H]1CC=C(C)CC1)c1cc(C#CC(C)(C)C)sc1C(=O)OC.CC[C@H](Nc1cc(C#CC(C)(C)C)sc1C(=O)OC)C(=O)N1CCOCC1.COC(=O)c1sc(C#CC(C)(C)C)cc1Br. The Hall–Kier alpha value is -8.09. The number of amides is 5. The molecule has 5 atom stereocenters. The molecule has 5 aliphatic rings.